The summed E-state index contributed by atoms with van der Waals surface area (Å²) in [7, 11) is 0. The lowest BCUT2D eigenvalue weighted by molar-refractivity contribution is -0.137. The van der Waals surface area contributed by atoms with Gasteiger partial charge in [0.15, 0.2) is 0 Å². The second-order valence-electron chi connectivity index (χ2n) is 6.73. The Labute approximate surface area is 153 Å². The minimum absolute atomic E-state index is 0.00728. The minimum Gasteiger partial charge on any atom is -0.450 e. The maximum atomic E-state index is 12.9. The van der Waals surface area contributed by atoms with E-state index in [1.807, 2.05) is 30.3 Å². The van der Waals surface area contributed by atoms with Gasteiger partial charge in [-0.3, -0.25) is 9.59 Å². The number of benzene rings is 1. The normalized spacial score (nSPS) is 23.0. The third-order valence-corrected chi connectivity index (χ3v) is 4.87. The molecule has 2 aliphatic rings. The molecule has 2 fully saturated rings. The molecule has 1 aromatic rings. The molecular weight excluding hydrogens is 334 g/mol. The van der Waals surface area contributed by atoms with Gasteiger partial charge in [0, 0.05) is 37.8 Å². The van der Waals surface area contributed by atoms with Crippen molar-refractivity contribution < 1.29 is 19.1 Å². The molecule has 3 rings (SSSR count). The first-order chi connectivity index (χ1) is 12.6. The Balaban J connectivity index is 1.59. The van der Waals surface area contributed by atoms with Gasteiger partial charge in [-0.25, -0.2) is 4.79 Å². The number of nitrogens with zero attached hydrogens (tertiary/aromatic N) is 2. The van der Waals surface area contributed by atoms with Gasteiger partial charge in [0.2, 0.25) is 11.8 Å². The van der Waals surface area contributed by atoms with Crippen LogP contribution in [-0.4, -0.2) is 55.1 Å². The highest BCUT2D eigenvalue weighted by Crippen LogP contribution is 2.27. The zero-order valence-corrected chi connectivity index (χ0v) is 15.0. The number of piperidine rings is 1. The van der Waals surface area contributed by atoms with Gasteiger partial charge in [-0.2, -0.15) is 0 Å². The van der Waals surface area contributed by atoms with Crippen molar-refractivity contribution >= 4 is 23.6 Å². The van der Waals surface area contributed by atoms with E-state index in [1.54, 1.807) is 16.7 Å². The smallest absolute Gasteiger partial charge is 0.407 e. The summed E-state index contributed by atoms with van der Waals surface area (Å²) in [4.78, 5) is 40.3. The highest BCUT2D eigenvalue weighted by Gasteiger charge is 2.38. The van der Waals surface area contributed by atoms with Crippen molar-refractivity contribution in [3.8, 4) is 0 Å². The molecule has 3 amide bonds. The van der Waals surface area contributed by atoms with Crippen LogP contribution in [0.2, 0.25) is 0 Å². The summed E-state index contributed by atoms with van der Waals surface area (Å²) < 4.78 is 4.91. The van der Waals surface area contributed by atoms with E-state index in [0.29, 0.717) is 26.2 Å². The fourth-order valence-corrected chi connectivity index (χ4v) is 3.62. The van der Waals surface area contributed by atoms with Crippen molar-refractivity contribution in [1.82, 2.24) is 10.2 Å². The van der Waals surface area contributed by atoms with Crippen LogP contribution < -0.4 is 10.2 Å². The van der Waals surface area contributed by atoms with E-state index in [4.69, 9.17) is 4.74 Å². The summed E-state index contributed by atoms with van der Waals surface area (Å²) in [6.07, 6.45) is 1.44. The average molecular weight is 359 g/mol. The number of amides is 3. The summed E-state index contributed by atoms with van der Waals surface area (Å²) >= 11 is 0. The van der Waals surface area contributed by atoms with E-state index in [0.717, 1.165) is 18.5 Å². The van der Waals surface area contributed by atoms with Gasteiger partial charge in [-0.05, 0) is 31.9 Å². The van der Waals surface area contributed by atoms with Crippen LogP contribution in [-0.2, 0) is 14.3 Å². The molecule has 26 heavy (non-hydrogen) atoms. The lowest BCUT2D eigenvalue weighted by Crippen LogP contribution is -2.51. The molecule has 0 spiro atoms. The molecule has 1 aromatic carbocycles. The predicted molar refractivity (Wildman–Crippen MR) is 96.7 cm³/mol. The molecule has 2 saturated heterocycles. The number of ether oxygens (including phenoxy) is 1. The number of carbonyl (C=O) groups excluding carboxylic acids is 3. The Morgan fingerprint density at radius 3 is 2.73 bits per heavy atom. The van der Waals surface area contributed by atoms with Crippen LogP contribution in [0.25, 0.3) is 0 Å². The minimum atomic E-state index is -0.446. The van der Waals surface area contributed by atoms with Crippen molar-refractivity contribution in [2.24, 2.45) is 5.92 Å². The fraction of sp³-hybridized carbons (Fsp3) is 0.526. The second-order valence-corrected chi connectivity index (χ2v) is 6.73. The maximum absolute atomic E-state index is 12.9. The molecule has 140 valence electrons. The summed E-state index contributed by atoms with van der Waals surface area (Å²) in [6, 6.07) is 9.32. The lowest BCUT2D eigenvalue weighted by atomic mass is 10.0. The summed E-state index contributed by atoms with van der Waals surface area (Å²) in [5, 5.41) is 2.81. The highest BCUT2D eigenvalue weighted by atomic mass is 16.5. The molecule has 2 heterocycles. The van der Waals surface area contributed by atoms with Crippen molar-refractivity contribution in [3.63, 3.8) is 0 Å². The summed E-state index contributed by atoms with van der Waals surface area (Å²) in [5.74, 6) is -0.357. The lowest BCUT2D eigenvalue weighted by Gasteiger charge is -2.34. The van der Waals surface area contributed by atoms with Crippen molar-refractivity contribution in [2.45, 2.75) is 32.2 Å². The van der Waals surface area contributed by atoms with Crippen LogP contribution in [0.3, 0.4) is 0 Å². The van der Waals surface area contributed by atoms with Crippen LogP contribution in [0, 0.1) is 5.92 Å². The van der Waals surface area contributed by atoms with E-state index >= 15 is 0 Å². The molecule has 7 heteroatoms. The largest absolute Gasteiger partial charge is 0.450 e. The monoisotopic (exact) mass is 359 g/mol. The van der Waals surface area contributed by atoms with Gasteiger partial charge in [0.25, 0.3) is 0 Å². The van der Waals surface area contributed by atoms with Crippen molar-refractivity contribution in [1.29, 1.82) is 0 Å². The van der Waals surface area contributed by atoms with Crippen LogP contribution in [0.4, 0.5) is 10.5 Å². The Morgan fingerprint density at radius 2 is 2.00 bits per heavy atom. The van der Waals surface area contributed by atoms with Gasteiger partial charge < -0.3 is 19.9 Å². The Hall–Kier alpha value is -2.57. The van der Waals surface area contributed by atoms with Gasteiger partial charge in [0.05, 0.1) is 12.5 Å². The molecule has 0 radical (unpaired) electrons. The summed E-state index contributed by atoms with van der Waals surface area (Å²) in [6.45, 7) is 3.62. The van der Waals surface area contributed by atoms with Crippen LogP contribution in [0.1, 0.15) is 26.2 Å². The highest BCUT2D eigenvalue weighted by molar-refractivity contribution is 6.00. The first-order valence-corrected chi connectivity index (χ1v) is 9.16. The van der Waals surface area contributed by atoms with E-state index < -0.39 is 6.09 Å². The van der Waals surface area contributed by atoms with Gasteiger partial charge in [-0.1, -0.05) is 18.2 Å². The molecule has 2 atom stereocenters. The fourth-order valence-electron chi connectivity index (χ4n) is 3.62. The topological polar surface area (TPSA) is 79.0 Å². The van der Waals surface area contributed by atoms with E-state index in [-0.39, 0.29) is 30.2 Å². The van der Waals surface area contributed by atoms with Crippen molar-refractivity contribution in [2.75, 3.05) is 31.1 Å². The molecule has 1 N–H and O–H groups in total. The summed E-state index contributed by atoms with van der Waals surface area (Å²) in [5.41, 5.74) is 0.827. The number of para-hydroxylation sites is 1. The number of hydrogen-bond acceptors (Lipinski definition) is 4. The molecule has 7 nitrogen and oxygen atoms in total. The van der Waals surface area contributed by atoms with Gasteiger partial charge in [0.1, 0.15) is 0 Å². The molecule has 2 aliphatic heterocycles. The first-order valence-electron chi connectivity index (χ1n) is 9.16. The number of hydrogen-bond donors (Lipinski definition) is 1. The molecule has 0 aliphatic carbocycles. The van der Waals surface area contributed by atoms with E-state index in [1.165, 1.54) is 0 Å². The Kier molecular flexibility index (Phi) is 5.75. The number of carbonyl (C=O) groups is 3. The third-order valence-electron chi connectivity index (χ3n) is 4.87. The molecular formula is C19H25N3O4. The number of alkyl carbamates (subject to hydrolysis) is 1. The van der Waals surface area contributed by atoms with Crippen LogP contribution in [0.5, 0.6) is 0 Å². The van der Waals surface area contributed by atoms with Crippen molar-refractivity contribution in [3.05, 3.63) is 30.3 Å². The molecule has 0 bridgehead atoms. The Morgan fingerprint density at radius 1 is 1.23 bits per heavy atom. The van der Waals surface area contributed by atoms with Crippen LogP contribution in [0.15, 0.2) is 30.3 Å². The molecule has 0 aromatic heterocycles. The van der Waals surface area contributed by atoms with E-state index in [2.05, 4.69) is 5.32 Å². The standard InChI is InChI=1S/C19H25N3O4/c1-2-26-19(25)20-15-7-6-10-21(13-15)18(24)14-11-17(23)22(12-14)16-8-4-3-5-9-16/h3-5,8-9,14-15H,2,6-7,10-13H2,1H3,(H,20,25)/t14-,15-/m1/s1. The van der Waals surface area contributed by atoms with Crippen LogP contribution >= 0.6 is 0 Å². The number of likely N-dealkylation sites (tertiary alicyclic amines) is 1. The van der Waals surface area contributed by atoms with Gasteiger partial charge >= 0.3 is 6.09 Å². The Bertz CT molecular complexity index is 664. The molecule has 0 saturated carbocycles. The molecule has 0 unspecified atom stereocenters. The van der Waals surface area contributed by atoms with Gasteiger partial charge in [-0.15, -0.1) is 0 Å². The predicted octanol–water partition coefficient (Wildman–Crippen LogP) is 1.78. The number of anilines is 1. The second kappa shape index (κ2) is 8.21. The maximum Gasteiger partial charge on any atom is 0.407 e. The first kappa shape index (κ1) is 18.2. The zero-order valence-electron chi connectivity index (χ0n) is 15.0. The van der Waals surface area contributed by atoms with E-state index in [9.17, 15) is 14.4 Å². The third kappa shape index (κ3) is 4.15. The number of nitrogens with one attached hydrogen (secondary N) is 1. The quantitative estimate of drug-likeness (QED) is 0.889. The number of rotatable bonds is 4. The zero-order chi connectivity index (χ0) is 18.5. The average Bonchev–Trinajstić information content (AvgIpc) is 3.04. The SMILES string of the molecule is CCOC(=O)N[C@@H]1CCCN(C(=O)[C@@H]2CC(=O)N(c3ccccc3)C2)C1.